The molecule has 704 valence electrons. The Morgan fingerprint density at radius 3 is 1.08 bits per heavy atom. The molecule has 18 heterocycles. The number of pyridine rings is 6. The monoisotopic (exact) mass is 1910 g/mol. The third-order valence-corrected chi connectivity index (χ3v) is 25.7. The molecule has 132 heavy (non-hydrogen) atoms. The first-order chi connectivity index (χ1) is 60.9. The zero-order valence-corrected chi connectivity index (χ0v) is 81.5. The van der Waals surface area contributed by atoms with Gasteiger partial charge in [0.1, 0.15) is 28.0 Å². The van der Waals surface area contributed by atoms with Gasteiger partial charge in [-0.3, -0.25) is 14.6 Å². The number of amides is 2. The topological polar surface area (TPSA) is 319 Å². The van der Waals surface area contributed by atoms with E-state index in [4.69, 9.17) is 58.3 Å². The van der Waals surface area contributed by atoms with E-state index in [1.165, 1.54) is 58.6 Å². The molecule has 2 amide bonds. The van der Waals surface area contributed by atoms with E-state index in [0.29, 0.717) is 49.3 Å². The maximum absolute atomic E-state index is 15.8. The highest BCUT2D eigenvalue weighted by Gasteiger charge is 2.64. The third-order valence-electron chi connectivity index (χ3n) is 25.0. The lowest BCUT2D eigenvalue weighted by Gasteiger charge is -2.36. The summed E-state index contributed by atoms with van der Waals surface area (Å²) in [5.41, 5.74) is -2.28. The van der Waals surface area contributed by atoms with Crippen molar-refractivity contribution in [2.75, 3.05) is 26.2 Å². The number of aromatic nitrogens is 14. The number of aryl methyl sites for hydroxylation is 4. The van der Waals surface area contributed by atoms with Crippen molar-refractivity contribution in [3.8, 4) is 11.3 Å². The zero-order valence-electron chi connectivity index (χ0n) is 79.2. The zero-order chi connectivity index (χ0) is 97.1. The number of hydrogen-bond acceptors (Lipinski definition) is 22. The lowest BCUT2D eigenvalue weighted by atomic mass is 9.49. The number of aromatic amines is 2. The molecule has 0 saturated carbocycles. The number of nitrogens with one attached hydrogen (secondary N) is 2. The number of carbonyl (C=O) groups excluding carboxylic acids is 2. The van der Waals surface area contributed by atoms with Crippen LogP contribution >= 0.6 is 27.5 Å². The first kappa shape index (κ1) is 99.6. The molecule has 0 aromatic carbocycles. The standard InChI is InChI=1S/C25H26F2N6O3.C17H20ClFN4O3.2C14H18BFN2O2.C12H24B2O4.C8H6BrFN2/c1-14-12-33-13-15(9-17(26)20(33)29-14)18-10-16-19(11-28-18)30-22(31-21(16)34)25(27)5-7-32(8-6-25)23(35)36-24(2,3)4;1-16(2,3)26-15(25)23-6-4-17(19,5-7-23)14-21-11-9-20-12(18)8-10(11)13(24)22-14;2*1-9-7-18-8-10(6-11(16)12(18)17-9)15-19-13(2,3)14(4,5)20-15;1-9(2)10(3,4)16-13(15-9)14-17-11(5,6)12(7,8)18-14;1-5-3-12-4-6(9)2-7(10)8(12)11-5/h9-13H,5-8H2,1-4H3,(H,30,31,34);8-9H,4-7H2,1-3H3,(H,21,22,24);2*6-8H,1-5H3;1-8H3;2-4H,1H3. The minimum Gasteiger partial charge on any atom is -0.444 e. The molecule has 2 N–H and O–H groups in total. The van der Waals surface area contributed by atoms with Crippen LogP contribution in [0, 0.1) is 51.0 Å². The van der Waals surface area contributed by atoms with E-state index < -0.39 is 102 Å². The molecule has 0 aliphatic carbocycles. The predicted molar refractivity (Wildman–Crippen MR) is 495 cm³/mol. The maximum Gasteiger partial charge on any atom is 0.496 e. The number of alkyl halides is 2. The number of ether oxygens (including phenoxy) is 2. The first-order valence-electron chi connectivity index (χ1n) is 43.4. The van der Waals surface area contributed by atoms with Gasteiger partial charge in [-0.25, -0.2) is 70.8 Å². The summed E-state index contributed by atoms with van der Waals surface area (Å²) in [7, 11) is -2.09. The molecule has 0 radical (unpaired) electrons. The Morgan fingerprint density at radius 2 is 0.727 bits per heavy atom. The molecule has 12 aromatic rings. The van der Waals surface area contributed by atoms with Crippen LogP contribution in [0.5, 0.6) is 0 Å². The Bertz CT molecular complexity index is 6300. The molecule has 0 unspecified atom stereocenters. The maximum atomic E-state index is 15.8. The lowest BCUT2D eigenvalue weighted by molar-refractivity contribution is -0.000936. The number of rotatable bonds is 6. The molecule has 6 saturated heterocycles. The van der Waals surface area contributed by atoms with E-state index in [0.717, 1.165) is 17.1 Å². The molecule has 18 rings (SSSR count). The van der Waals surface area contributed by atoms with Gasteiger partial charge < -0.3 is 84.1 Å². The van der Waals surface area contributed by atoms with Gasteiger partial charge in [0, 0.05) is 122 Å². The highest BCUT2D eigenvalue weighted by atomic mass is 79.9. The van der Waals surface area contributed by atoms with Crippen LogP contribution in [0.3, 0.4) is 0 Å². The fourth-order valence-electron chi connectivity index (χ4n) is 14.9. The number of hydrogen-bond donors (Lipinski definition) is 2. The summed E-state index contributed by atoms with van der Waals surface area (Å²) < 4.78 is 153. The van der Waals surface area contributed by atoms with Crippen LogP contribution in [0.1, 0.15) is 212 Å². The Hall–Kier alpha value is -9.83. The van der Waals surface area contributed by atoms with Gasteiger partial charge in [0.25, 0.3) is 11.1 Å². The highest BCUT2D eigenvalue weighted by Crippen LogP contribution is 2.45. The molecule has 6 fully saturated rings. The van der Waals surface area contributed by atoms with Crippen LogP contribution in [-0.4, -0.2) is 200 Å². The summed E-state index contributed by atoms with van der Waals surface area (Å²) in [5.74, 6) is -1.71. The summed E-state index contributed by atoms with van der Waals surface area (Å²) in [6.45, 7) is 50.5. The normalized spacial score (nSPS) is 19.4. The van der Waals surface area contributed by atoms with E-state index in [-0.39, 0.29) is 136 Å². The number of fused-ring (bicyclic) bond motifs is 6. The fraction of sp³-hybridized carbons (Fsp3) is 0.511. The summed E-state index contributed by atoms with van der Waals surface area (Å²) >= 11 is 8.99. The quantitative estimate of drug-likeness (QED) is 0.0887. The molecule has 30 nitrogen and oxygen atoms in total. The van der Waals surface area contributed by atoms with Crippen LogP contribution < -0.4 is 22.0 Å². The number of likely N-dealkylation sites (tertiary alicyclic amines) is 2. The van der Waals surface area contributed by atoms with Gasteiger partial charge in [-0.1, -0.05) is 11.6 Å². The van der Waals surface area contributed by atoms with Crippen LogP contribution in [0.25, 0.3) is 55.7 Å². The number of imidazole rings is 4. The van der Waals surface area contributed by atoms with E-state index in [9.17, 15) is 36.7 Å². The Morgan fingerprint density at radius 1 is 0.424 bits per heavy atom. The van der Waals surface area contributed by atoms with Crippen molar-refractivity contribution in [1.29, 1.82) is 0 Å². The molecule has 0 spiro atoms. The molecule has 0 atom stereocenters. The lowest BCUT2D eigenvalue weighted by Crippen LogP contribution is -2.46. The van der Waals surface area contributed by atoms with Crippen LogP contribution in [-0.2, 0) is 58.0 Å². The minimum absolute atomic E-state index is 0.0156. The van der Waals surface area contributed by atoms with E-state index in [2.05, 4.69) is 65.8 Å². The summed E-state index contributed by atoms with van der Waals surface area (Å²) in [4.78, 5) is 90.8. The third kappa shape index (κ3) is 21.4. The Labute approximate surface area is 775 Å². The highest BCUT2D eigenvalue weighted by molar-refractivity contribution is 9.10. The number of piperidine rings is 2. The minimum atomic E-state index is -1.90. The van der Waals surface area contributed by atoms with E-state index in [1.807, 2.05) is 132 Å². The van der Waals surface area contributed by atoms with Gasteiger partial charge in [-0.2, -0.15) is 0 Å². The van der Waals surface area contributed by atoms with Crippen LogP contribution in [0.2, 0.25) is 5.15 Å². The number of H-pyrrole nitrogens is 2. The predicted octanol–water partition coefficient (Wildman–Crippen LogP) is 16.4. The number of carbonyl (C=O) groups is 2. The molecule has 6 aliphatic rings. The van der Waals surface area contributed by atoms with Crippen LogP contribution in [0.4, 0.5) is 35.9 Å². The molecule has 6 aliphatic heterocycles. The van der Waals surface area contributed by atoms with Crippen LogP contribution in [0.15, 0.2) is 112 Å². The van der Waals surface area contributed by atoms with Gasteiger partial charge in [0.2, 0.25) is 0 Å². The summed E-state index contributed by atoms with van der Waals surface area (Å²) in [5, 5.41) is 0.627. The van der Waals surface area contributed by atoms with Gasteiger partial charge in [0.15, 0.2) is 57.2 Å². The van der Waals surface area contributed by atoms with Crippen molar-refractivity contribution < 1.29 is 82.6 Å². The molecule has 0 bridgehead atoms. The smallest absolute Gasteiger partial charge is 0.444 e. The van der Waals surface area contributed by atoms with Crippen molar-refractivity contribution >= 4 is 123 Å². The SMILES string of the molecule is CC(C)(C)OC(=O)N1CCC(F)(c2nc3cnc(Cl)cc3c(=O)[nH]2)CC1.CC1(C)OB(B2OC(C)(C)C(C)(C)O2)OC1(C)C.Cc1cn2cc(-c3cc4c(=O)[nH]c(C5(F)CCN(C(=O)OC(C)(C)C)CC5)nc4cn3)cc(F)c2n1.Cc1cn2cc(B3OC(C)(C)C(C)(C)O3)cc(F)c2n1.Cc1cn2cc(B3OC(C)(C)C(C)(C)O3)cc(F)c2n1.Cc1cn2cc(Br)cc(F)c2n1. The second kappa shape index (κ2) is 36.1. The van der Waals surface area contributed by atoms with Gasteiger partial charge in [0.05, 0.1) is 107 Å². The van der Waals surface area contributed by atoms with Crippen molar-refractivity contribution in [3.05, 3.63) is 186 Å². The van der Waals surface area contributed by atoms with Gasteiger partial charge >= 0.3 is 40.4 Å². The van der Waals surface area contributed by atoms with E-state index >= 15 is 8.78 Å². The van der Waals surface area contributed by atoms with Gasteiger partial charge in [-0.05, 0) is 232 Å². The summed E-state index contributed by atoms with van der Waals surface area (Å²) in [6.07, 6.45) is 15.8. The van der Waals surface area contributed by atoms with Crippen molar-refractivity contribution in [2.24, 2.45) is 0 Å². The second-order valence-electron chi connectivity index (χ2n) is 40.0. The molecular formula is C90H112B4BrClF6N16O14. The Balaban J connectivity index is 0.000000139. The molecule has 42 heteroatoms. The number of nitrogens with zero attached hydrogens (tertiary/aromatic N) is 14. The number of halogens is 8. The second-order valence-corrected chi connectivity index (χ2v) is 41.3. The fourth-order valence-corrected chi connectivity index (χ4v) is 15.5. The summed E-state index contributed by atoms with van der Waals surface area (Å²) in [6, 6.07) is 8.48. The molecular weight excluding hydrogens is 1800 g/mol. The average Bonchev–Trinajstić information content (AvgIpc) is 1.69. The van der Waals surface area contributed by atoms with Gasteiger partial charge in [-0.15, -0.1) is 0 Å². The van der Waals surface area contributed by atoms with Crippen molar-refractivity contribution in [1.82, 2.24) is 77.2 Å². The van der Waals surface area contributed by atoms with Crippen molar-refractivity contribution in [3.63, 3.8) is 0 Å². The largest absolute Gasteiger partial charge is 0.496 e. The molecule has 12 aromatic heterocycles. The first-order valence-corrected chi connectivity index (χ1v) is 44.6. The Kier molecular flexibility index (Phi) is 27.2. The van der Waals surface area contributed by atoms with E-state index in [1.54, 1.807) is 116 Å². The average molecular weight is 1910 g/mol. The van der Waals surface area contributed by atoms with Crippen molar-refractivity contribution in [2.45, 2.75) is 273 Å².